The van der Waals surface area contributed by atoms with Crippen LogP contribution in [0, 0.1) is 12.7 Å². The third-order valence-corrected chi connectivity index (χ3v) is 3.49. The largest absolute Gasteiger partial charge is 0.488 e. The Kier molecular flexibility index (Phi) is 3.62. The Morgan fingerprint density at radius 2 is 2.00 bits per heavy atom. The van der Waals surface area contributed by atoms with Gasteiger partial charge in [-0.05, 0) is 24.6 Å². The predicted molar refractivity (Wildman–Crippen MR) is 79.6 cm³/mol. The zero-order chi connectivity index (χ0) is 14.8. The van der Waals surface area contributed by atoms with Gasteiger partial charge in [-0.2, -0.15) is 0 Å². The van der Waals surface area contributed by atoms with E-state index in [9.17, 15) is 4.39 Å². The van der Waals surface area contributed by atoms with Gasteiger partial charge in [0.1, 0.15) is 29.5 Å². The number of hydrogen-bond acceptors (Lipinski definition) is 3. The molecule has 0 aliphatic heterocycles. The number of hydrogen-bond donors (Lipinski definition) is 1. The van der Waals surface area contributed by atoms with Crippen molar-refractivity contribution in [1.29, 1.82) is 0 Å². The van der Waals surface area contributed by atoms with Gasteiger partial charge in [0, 0.05) is 17.0 Å². The number of nitrogens with two attached hydrogens (primary N) is 1. The number of furan rings is 1. The second-order valence-corrected chi connectivity index (χ2v) is 4.90. The summed E-state index contributed by atoms with van der Waals surface area (Å²) in [6.45, 7) is 2.48. The SMILES string of the molecule is Cc1ccc(F)cc1OCc1c(CN)oc2ccccc12. The van der Waals surface area contributed by atoms with Gasteiger partial charge < -0.3 is 14.9 Å². The number of rotatable bonds is 4. The summed E-state index contributed by atoms with van der Waals surface area (Å²) in [5.74, 6) is 0.917. The number of ether oxygens (including phenoxy) is 1. The molecule has 0 amide bonds. The zero-order valence-electron chi connectivity index (χ0n) is 11.7. The van der Waals surface area contributed by atoms with Crippen molar-refractivity contribution in [2.75, 3.05) is 0 Å². The van der Waals surface area contributed by atoms with Crippen molar-refractivity contribution >= 4 is 11.0 Å². The Labute approximate surface area is 122 Å². The molecule has 1 aromatic heterocycles. The van der Waals surface area contributed by atoms with Crippen LogP contribution in [0.15, 0.2) is 46.9 Å². The maximum atomic E-state index is 13.3. The summed E-state index contributed by atoms with van der Waals surface area (Å²) in [5.41, 5.74) is 8.31. The maximum Gasteiger partial charge on any atom is 0.134 e. The molecule has 0 fully saturated rings. The molecule has 0 aliphatic carbocycles. The van der Waals surface area contributed by atoms with Gasteiger partial charge in [0.15, 0.2) is 0 Å². The molecule has 0 aliphatic rings. The standard InChI is InChI=1S/C17H16FNO2/c1-11-6-7-12(18)8-16(11)20-10-14-13-4-2-3-5-15(13)21-17(14)9-19/h2-8H,9-10,19H2,1H3. The lowest BCUT2D eigenvalue weighted by molar-refractivity contribution is 0.300. The minimum atomic E-state index is -0.313. The summed E-state index contributed by atoms with van der Waals surface area (Å²) < 4.78 is 24.8. The number of aryl methyl sites for hydroxylation is 1. The molecule has 21 heavy (non-hydrogen) atoms. The first-order valence-corrected chi connectivity index (χ1v) is 6.77. The van der Waals surface area contributed by atoms with Crippen molar-refractivity contribution in [2.45, 2.75) is 20.1 Å². The summed E-state index contributed by atoms with van der Waals surface area (Å²) >= 11 is 0. The van der Waals surface area contributed by atoms with Crippen molar-refractivity contribution in [2.24, 2.45) is 5.73 Å². The first-order valence-electron chi connectivity index (χ1n) is 6.77. The number of benzene rings is 2. The van der Waals surface area contributed by atoms with E-state index in [1.54, 1.807) is 6.07 Å². The second-order valence-electron chi connectivity index (χ2n) is 4.90. The van der Waals surface area contributed by atoms with E-state index >= 15 is 0 Å². The van der Waals surface area contributed by atoms with Crippen molar-refractivity contribution in [1.82, 2.24) is 0 Å². The summed E-state index contributed by atoms with van der Waals surface area (Å²) in [7, 11) is 0. The lowest BCUT2D eigenvalue weighted by Crippen LogP contribution is -2.03. The quantitative estimate of drug-likeness (QED) is 0.790. The van der Waals surface area contributed by atoms with Crippen LogP contribution in [0.25, 0.3) is 11.0 Å². The average Bonchev–Trinajstić information content (AvgIpc) is 2.86. The predicted octanol–water partition coefficient (Wildman–Crippen LogP) is 3.92. The van der Waals surface area contributed by atoms with E-state index in [1.807, 2.05) is 31.2 Å². The molecule has 0 saturated heterocycles. The Morgan fingerprint density at radius 1 is 1.19 bits per heavy atom. The lowest BCUT2D eigenvalue weighted by Gasteiger charge is -2.09. The van der Waals surface area contributed by atoms with E-state index in [0.29, 0.717) is 24.7 Å². The number of halogens is 1. The monoisotopic (exact) mass is 285 g/mol. The average molecular weight is 285 g/mol. The molecule has 2 aromatic carbocycles. The highest BCUT2D eigenvalue weighted by atomic mass is 19.1. The van der Waals surface area contributed by atoms with Gasteiger partial charge >= 0.3 is 0 Å². The third-order valence-electron chi connectivity index (χ3n) is 3.49. The van der Waals surface area contributed by atoms with E-state index in [0.717, 1.165) is 22.1 Å². The molecule has 0 saturated carbocycles. The molecule has 2 N–H and O–H groups in total. The van der Waals surface area contributed by atoms with E-state index in [2.05, 4.69) is 0 Å². The van der Waals surface area contributed by atoms with Crippen LogP contribution in [-0.2, 0) is 13.2 Å². The molecule has 0 bridgehead atoms. The van der Waals surface area contributed by atoms with Gasteiger partial charge in [-0.25, -0.2) is 4.39 Å². The van der Waals surface area contributed by atoms with Gasteiger partial charge in [0.2, 0.25) is 0 Å². The normalized spacial score (nSPS) is 11.0. The highest BCUT2D eigenvalue weighted by molar-refractivity contribution is 5.82. The van der Waals surface area contributed by atoms with Crippen LogP contribution >= 0.6 is 0 Å². The van der Waals surface area contributed by atoms with Crippen LogP contribution in [0.5, 0.6) is 5.75 Å². The number of fused-ring (bicyclic) bond motifs is 1. The molecule has 0 unspecified atom stereocenters. The van der Waals surface area contributed by atoms with Crippen molar-refractivity contribution in [3.05, 3.63) is 65.2 Å². The molecule has 3 nitrogen and oxygen atoms in total. The molecule has 0 atom stereocenters. The number of para-hydroxylation sites is 1. The molecular formula is C17H16FNO2. The van der Waals surface area contributed by atoms with Gasteiger partial charge in [0.25, 0.3) is 0 Å². The minimum absolute atomic E-state index is 0.299. The molecule has 3 aromatic rings. The van der Waals surface area contributed by atoms with Crippen LogP contribution < -0.4 is 10.5 Å². The van der Waals surface area contributed by atoms with Crippen LogP contribution in [0.2, 0.25) is 0 Å². The van der Waals surface area contributed by atoms with Crippen LogP contribution in [0.1, 0.15) is 16.9 Å². The fraction of sp³-hybridized carbons (Fsp3) is 0.176. The first-order chi connectivity index (χ1) is 10.2. The topological polar surface area (TPSA) is 48.4 Å². The zero-order valence-corrected chi connectivity index (χ0v) is 11.7. The second kappa shape index (κ2) is 5.58. The van der Waals surface area contributed by atoms with Crippen molar-refractivity contribution in [3.63, 3.8) is 0 Å². The maximum absolute atomic E-state index is 13.3. The van der Waals surface area contributed by atoms with Gasteiger partial charge in [-0.3, -0.25) is 0 Å². The van der Waals surface area contributed by atoms with Gasteiger partial charge in [-0.1, -0.05) is 24.3 Å². The molecule has 4 heteroatoms. The minimum Gasteiger partial charge on any atom is -0.488 e. The van der Waals surface area contributed by atoms with E-state index in [-0.39, 0.29) is 5.82 Å². The molecule has 0 spiro atoms. The Bertz CT molecular complexity index is 780. The fourth-order valence-corrected chi connectivity index (χ4v) is 2.35. The molecule has 1 heterocycles. The highest BCUT2D eigenvalue weighted by Crippen LogP contribution is 2.28. The van der Waals surface area contributed by atoms with Crippen molar-refractivity contribution < 1.29 is 13.5 Å². The van der Waals surface area contributed by atoms with Crippen LogP contribution in [0.3, 0.4) is 0 Å². The molecular weight excluding hydrogens is 269 g/mol. The summed E-state index contributed by atoms with van der Waals surface area (Å²) in [6, 6.07) is 12.2. The molecule has 0 radical (unpaired) electrons. The third kappa shape index (κ3) is 2.62. The molecule has 108 valence electrons. The lowest BCUT2D eigenvalue weighted by atomic mass is 10.1. The van der Waals surface area contributed by atoms with E-state index in [4.69, 9.17) is 14.9 Å². The van der Waals surface area contributed by atoms with E-state index in [1.165, 1.54) is 12.1 Å². The van der Waals surface area contributed by atoms with E-state index < -0.39 is 0 Å². The Morgan fingerprint density at radius 3 is 2.81 bits per heavy atom. The van der Waals surface area contributed by atoms with Crippen molar-refractivity contribution in [3.8, 4) is 5.75 Å². The van der Waals surface area contributed by atoms with Gasteiger partial charge in [0.05, 0.1) is 6.54 Å². The smallest absolute Gasteiger partial charge is 0.134 e. The highest BCUT2D eigenvalue weighted by Gasteiger charge is 2.13. The van der Waals surface area contributed by atoms with Gasteiger partial charge in [-0.15, -0.1) is 0 Å². The summed E-state index contributed by atoms with van der Waals surface area (Å²) in [6.07, 6.45) is 0. The summed E-state index contributed by atoms with van der Waals surface area (Å²) in [5, 5.41) is 0.979. The summed E-state index contributed by atoms with van der Waals surface area (Å²) in [4.78, 5) is 0. The molecule has 3 rings (SSSR count). The first kappa shape index (κ1) is 13.6. The van der Waals surface area contributed by atoms with Crippen LogP contribution in [0.4, 0.5) is 4.39 Å². The van der Waals surface area contributed by atoms with Crippen LogP contribution in [-0.4, -0.2) is 0 Å². The fourth-order valence-electron chi connectivity index (χ4n) is 2.35. The Balaban J connectivity index is 1.93. The Hall–Kier alpha value is -2.33.